The second-order valence-electron chi connectivity index (χ2n) is 3.07. The Morgan fingerprint density at radius 3 is 2.62 bits per heavy atom. The number of nitrogens with one attached hydrogen (secondary N) is 1. The molecule has 1 atom stereocenters. The van der Waals surface area contributed by atoms with Crippen molar-refractivity contribution >= 4 is 17.4 Å². The molecule has 0 aliphatic rings. The first kappa shape index (κ1) is 12.8. The zero-order valence-electron chi connectivity index (χ0n) is 8.35. The summed E-state index contributed by atoms with van der Waals surface area (Å²) in [7, 11) is 0. The van der Waals surface area contributed by atoms with Gasteiger partial charge in [0.2, 0.25) is 5.28 Å². The van der Waals surface area contributed by atoms with E-state index in [1.165, 1.54) is 6.08 Å². The highest BCUT2D eigenvalue weighted by molar-refractivity contribution is 6.28. The summed E-state index contributed by atoms with van der Waals surface area (Å²) in [5.41, 5.74) is -1.08. The number of anilines is 1. The van der Waals surface area contributed by atoms with Crippen molar-refractivity contribution in [2.45, 2.75) is 19.1 Å². The zero-order chi connectivity index (χ0) is 12.3. The van der Waals surface area contributed by atoms with Gasteiger partial charge < -0.3 is 5.32 Å². The lowest BCUT2D eigenvalue weighted by Gasteiger charge is -2.12. The molecule has 1 rings (SSSR count). The molecule has 1 unspecified atom stereocenters. The van der Waals surface area contributed by atoms with E-state index in [2.05, 4.69) is 21.9 Å². The van der Waals surface area contributed by atoms with Crippen molar-refractivity contribution in [1.29, 1.82) is 0 Å². The fourth-order valence-corrected chi connectivity index (χ4v) is 1.11. The molecular formula is C9H9ClF3N3. The molecule has 0 radical (unpaired) electrons. The number of nitrogens with zero attached hydrogens (tertiary/aromatic N) is 2. The number of halogens is 4. The van der Waals surface area contributed by atoms with Crippen LogP contribution in [0.5, 0.6) is 0 Å². The smallest absolute Gasteiger partial charge is 0.364 e. The summed E-state index contributed by atoms with van der Waals surface area (Å²) in [6.45, 7) is 5.21. The molecule has 0 amide bonds. The third-order valence-corrected chi connectivity index (χ3v) is 1.89. The van der Waals surface area contributed by atoms with Crippen LogP contribution in [0.15, 0.2) is 18.7 Å². The van der Waals surface area contributed by atoms with Crippen molar-refractivity contribution in [1.82, 2.24) is 9.97 Å². The molecule has 0 saturated carbocycles. The van der Waals surface area contributed by atoms with Gasteiger partial charge in [0, 0.05) is 12.1 Å². The number of rotatable bonds is 3. The van der Waals surface area contributed by atoms with Crippen LogP contribution in [-0.4, -0.2) is 16.0 Å². The lowest BCUT2D eigenvalue weighted by Crippen LogP contribution is -2.15. The number of hydrogen-bond acceptors (Lipinski definition) is 3. The summed E-state index contributed by atoms with van der Waals surface area (Å²) in [5, 5.41) is 2.24. The third-order valence-electron chi connectivity index (χ3n) is 1.72. The van der Waals surface area contributed by atoms with E-state index in [1.807, 2.05) is 0 Å². The van der Waals surface area contributed by atoms with Crippen LogP contribution in [0, 0.1) is 0 Å². The number of aromatic nitrogens is 2. The summed E-state index contributed by atoms with van der Waals surface area (Å²) in [5.74, 6) is 0.0136. The van der Waals surface area contributed by atoms with Gasteiger partial charge >= 0.3 is 6.18 Å². The standard InChI is InChI=1S/C9H9ClF3N3/c1-3-5(2)14-7-4-6(9(11,12)13)15-8(10)16-7/h3-5H,1H2,2H3,(H,14,15,16). The molecular weight excluding hydrogens is 243 g/mol. The molecule has 0 spiro atoms. The molecule has 3 nitrogen and oxygen atoms in total. The van der Waals surface area contributed by atoms with E-state index >= 15 is 0 Å². The molecule has 0 aliphatic carbocycles. The maximum Gasteiger partial charge on any atom is 0.433 e. The monoisotopic (exact) mass is 251 g/mol. The van der Waals surface area contributed by atoms with E-state index in [1.54, 1.807) is 6.92 Å². The van der Waals surface area contributed by atoms with Gasteiger partial charge in [-0.05, 0) is 18.5 Å². The Labute approximate surface area is 95.4 Å². The Hall–Kier alpha value is -1.30. The minimum atomic E-state index is -4.54. The summed E-state index contributed by atoms with van der Waals surface area (Å²) < 4.78 is 37.1. The van der Waals surface area contributed by atoms with Gasteiger partial charge in [-0.1, -0.05) is 6.08 Å². The summed E-state index contributed by atoms with van der Waals surface area (Å²) >= 11 is 5.39. The first-order valence-corrected chi connectivity index (χ1v) is 4.71. The Balaban J connectivity index is 3.03. The summed E-state index contributed by atoms with van der Waals surface area (Å²) in [6.07, 6.45) is -3.01. The van der Waals surface area contributed by atoms with E-state index in [0.29, 0.717) is 0 Å². The molecule has 1 N–H and O–H groups in total. The van der Waals surface area contributed by atoms with Crippen LogP contribution in [0.2, 0.25) is 5.28 Å². The van der Waals surface area contributed by atoms with E-state index in [9.17, 15) is 13.2 Å². The topological polar surface area (TPSA) is 37.8 Å². The highest BCUT2D eigenvalue weighted by Crippen LogP contribution is 2.29. The minimum Gasteiger partial charge on any atom is -0.364 e. The molecule has 1 aromatic heterocycles. The lowest BCUT2D eigenvalue weighted by atomic mass is 10.3. The van der Waals surface area contributed by atoms with Crippen LogP contribution in [0.3, 0.4) is 0 Å². The van der Waals surface area contributed by atoms with Crippen LogP contribution in [0.1, 0.15) is 12.6 Å². The summed E-state index contributed by atoms with van der Waals surface area (Å²) in [4.78, 5) is 6.73. The molecule has 0 saturated heterocycles. The fourth-order valence-electron chi connectivity index (χ4n) is 0.929. The average Bonchev–Trinajstić information content (AvgIpc) is 2.15. The van der Waals surface area contributed by atoms with Gasteiger partial charge in [-0.2, -0.15) is 13.2 Å². The van der Waals surface area contributed by atoms with Gasteiger partial charge in [0.1, 0.15) is 5.82 Å². The average molecular weight is 252 g/mol. The van der Waals surface area contributed by atoms with E-state index in [-0.39, 0.29) is 11.9 Å². The van der Waals surface area contributed by atoms with Crippen molar-refractivity contribution in [2.75, 3.05) is 5.32 Å². The van der Waals surface area contributed by atoms with Crippen LogP contribution < -0.4 is 5.32 Å². The van der Waals surface area contributed by atoms with Crippen molar-refractivity contribution in [3.8, 4) is 0 Å². The van der Waals surface area contributed by atoms with Crippen molar-refractivity contribution < 1.29 is 13.2 Å². The molecule has 0 aliphatic heterocycles. The maximum atomic E-state index is 12.4. The molecule has 88 valence electrons. The van der Waals surface area contributed by atoms with Gasteiger partial charge in [0.15, 0.2) is 5.69 Å². The number of hydrogen-bond donors (Lipinski definition) is 1. The van der Waals surface area contributed by atoms with Crippen molar-refractivity contribution in [3.63, 3.8) is 0 Å². The minimum absolute atomic E-state index is 0.0136. The predicted octanol–water partition coefficient (Wildman–Crippen LogP) is 3.14. The molecule has 16 heavy (non-hydrogen) atoms. The molecule has 0 bridgehead atoms. The zero-order valence-corrected chi connectivity index (χ0v) is 9.10. The predicted molar refractivity (Wildman–Crippen MR) is 55.3 cm³/mol. The first-order valence-electron chi connectivity index (χ1n) is 4.34. The molecule has 1 heterocycles. The molecule has 7 heteroatoms. The Kier molecular flexibility index (Phi) is 3.74. The third kappa shape index (κ3) is 3.37. The largest absolute Gasteiger partial charge is 0.433 e. The Bertz CT molecular complexity index is 392. The highest BCUT2D eigenvalue weighted by atomic mass is 35.5. The lowest BCUT2D eigenvalue weighted by molar-refractivity contribution is -0.141. The highest BCUT2D eigenvalue weighted by Gasteiger charge is 2.33. The van der Waals surface area contributed by atoms with Gasteiger partial charge in [-0.25, -0.2) is 9.97 Å². The fraction of sp³-hybridized carbons (Fsp3) is 0.333. The van der Waals surface area contributed by atoms with E-state index < -0.39 is 17.2 Å². The Morgan fingerprint density at radius 1 is 1.50 bits per heavy atom. The molecule has 0 fully saturated rings. The van der Waals surface area contributed by atoms with Gasteiger partial charge in [0.25, 0.3) is 0 Å². The van der Waals surface area contributed by atoms with Gasteiger partial charge in [0.05, 0.1) is 0 Å². The normalized spacial score (nSPS) is 13.3. The van der Waals surface area contributed by atoms with Crippen LogP contribution in [0.4, 0.5) is 19.0 Å². The first-order chi connectivity index (χ1) is 7.32. The van der Waals surface area contributed by atoms with E-state index in [4.69, 9.17) is 11.6 Å². The maximum absolute atomic E-state index is 12.4. The van der Waals surface area contributed by atoms with Crippen molar-refractivity contribution in [2.24, 2.45) is 0 Å². The van der Waals surface area contributed by atoms with Gasteiger partial charge in [-0.15, -0.1) is 6.58 Å². The van der Waals surface area contributed by atoms with Crippen LogP contribution >= 0.6 is 11.6 Å². The van der Waals surface area contributed by atoms with Gasteiger partial charge in [-0.3, -0.25) is 0 Å². The second kappa shape index (κ2) is 4.69. The number of alkyl halides is 3. The van der Waals surface area contributed by atoms with Crippen LogP contribution in [0.25, 0.3) is 0 Å². The second-order valence-corrected chi connectivity index (χ2v) is 3.41. The van der Waals surface area contributed by atoms with Crippen molar-refractivity contribution in [3.05, 3.63) is 29.7 Å². The summed E-state index contributed by atoms with van der Waals surface area (Å²) in [6, 6.07) is 0.582. The molecule has 0 aromatic carbocycles. The SMILES string of the molecule is C=CC(C)Nc1cc(C(F)(F)F)nc(Cl)n1. The van der Waals surface area contributed by atoms with E-state index in [0.717, 1.165) is 6.07 Å². The van der Waals surface area contributed by atoms with Crippen LogP contribution in [-0.2, 0) is 6.18 Å². The molecule has 1 aromatic rings. The Morgan fingerprint density at radius 2 is 2.12 bits per heavy atom. The quantitative estimate of drug-likeness (QED) is 0.662.